The molecule has 3 fully saturated rings. The molecule has 1 nitrogen and oxygen atoms in total. The molecule has 3 aliphatic carbocycles. The number of hydrogen-bond acceptors (Lipinski definition) is 1. The Morgan fingerprint density at radius 3 is 3.00 bits per heavy atom. The lowest BCUT2D eigenvalue weighted by atomic mass is 9.70. The van der Waals surface area contributed by atoms with Crippen molar-refractivity contribution in [3.05, 3.63) is 0 Å². The van der Waals surface area contributed by atoms with Gasteiger partial charge in [-0.15, -0.1) is 0 Å². The summed E-state index contributed by atoms with van der Waals surface area (Å²) >= 11 is 0. The number of aliphatic hydroxyl groups is 1. The molecule has 1 heteroatoms. The minimum Gasteiger partial charge on any atom is -0.396 e. The topological polar surface area (TPSA) is 20.2 Å². The highest BCUT2D eigenvalue weighted by Crippen LogP contribution is 2.66. The Balaban J connectivity index is 1.87. The highest BCUT2D eigenvalue weighted by Gasteiger charge is 2.57. The van der Waals surface area contributed by atoms with Crippen LogP contribution in [0.2, 0.25) is 0 Å². The summed E-state index contributed by atoms with van der Waals surface area (Å²) in [4.78, 5) is 0. The van der Waals surface area contributed by atoms with Gasteiger partial charge in [0.15, 0.2) is 0 Å². The molecule has 0 saturated heterocycles. The van der Waals surface area contributed by atoms with E-state index in [0.29, 0.717) is 12.0 Å². The number of aliphatic hydroxyl groups excluding tert-OH is 1. The Morgan fingerprint density at radius 1 is 1.23 bits per heavy atom. The second kappa shape index (κ2) is 2.73. The van der Waals surface area contributed by atoms with Crippen LogP contribution >= 0.6 is 0 Å². The first-order valence-electron chi connectivity index (χ1n) is 5.97. The molecule has 1 N–H and O–H groups in total. The predicted molar refractivity (Wildman–Crippen MR) is 52.3 cm³/mol. The van der Waals surface area contributed by atoms with Crippen molar-refractivity contribution in [3.63, 3.8) is 0 Å². The van der Waals surface area contributed by atoms with Gasteiger partial charge >= 0.3 is 0 Å². The Hall–Kier alpha value is -0.0400. The van der Waals surface area contributed by atoms with E-state index < -0.39 is 0 Å². The molecule has 0 radical (unpaired) electrons. The minimum absolute atomic E-state index is 0.427. The van der Waals surface area contributed by atoms with E-state index in [0.717, 1.165) is 24.2 Å². The fourth-order valence-electron chi connectivity index (χ4n) is 4.85. The van der Waals surface area contributed by atoms with Gasteiger partial charge in [-0.3, -0.25) is 0 Å². The monoisotopic (exact) mass is 180 g/mol. The first-order chi connectivity index (χ1) is 6.36. The number of fused-ring (bicyclic) bond motifs is 5. The second-order valence-corrected chi connectivity index (χ2v) is 5.54. The van der Waals surface area contributed by atoms with E-state index in [9.17, 15) is 0 Å². The third kappa shape index (κ3) is 0.971. The SMILES string of the molecule is OCCC12CCC(C1)C1CCCC12. The van der Waals surface area contributed by atoms with E-state index in [1.54, 1.807) is 0 Å². The van der Waals surface area contributed by atoms with Crippen LogP contribution in [0.15, 0.2) is 0 Å². The van der Waals surface area contributed by atoms with Crippen LogP contribution in [-0.2, 0) is 0 Å². The quantitative estimate of drug-likeness (QED) is 0.692. The molecule has 4 unspecified atom stereocenters. The van der Waals surface area contributed by atoms with Crippen molar-refractivity contribution in [3.8, 4) is 0 Å². The van der Waals surface area contributed by atoms with E-state index in [1.807, 2.05) is 0 Å². The summed E-state index contributed by atoms with van der Waals surface area (Å²) in [6, 6.07) is 0. The summed E-state index contributed by atoms with van der Waals surface area (Å²) in [6.45, 7) is 0.427. The summed E-state index contributed by atoms with van der Waals surface area (Å²) in [5.41, 5.74) is 0.612. The Bertz CT molecular complexity index is 213. The second-order valence-electron chi connectivity index (χ2n) is 5.54. The lowest BCUT2D eigenvalue weighted by Gasteiger charge is -2.35. The molecule has 0 amide bonds. The molecule has 13 heavy (non-hydrogen) atoms. The summed E-state index contributed by atoms with van der Waals surface area (Å²) in [6.07, 6.45) is 9.91. The molecule has 0 aromatic rings. The standard InChI is InChI=1S/C12H20O/c13-7-6-12-5-4-9(8-12)10-2-1-3-11(10)12/h9-11,13H,1-8H2. The van der Waals surface area contributed by atoms with Gasteiger partial charge in [-0.2, -0.15) is 0 Å². The van der Waals surface area contributed by atoms with Gasteiger partial charge in [0.2, 0.25) is 0 Å². The lowest BCUT2D eigenvalue weighted by Crippen LogP contribution is -2.28. The molecular formula is C12H20O. The van der Waals surface area contributed by atoms with Crippen molar-refractivity contribution in [2.75, 3.05) is 6.61 Å². The van der Waals surface area contributed by atoms with Crippen LogP contribution in [0, 0.1) is 23.2 Å². The van der Waals surface area contributed by atoms with Gasteiger partial charge < -0.3 is 5.11 Å². The van der Waals surface area contributed by atoms with Gasteiger partial charge in [0.1, 0.15) is 0 Å². The summed E-state index contributed by atoms with van der Waals surface area (Å²) in [5.74, 6) is 3.14. The highest BCUT2D eigenvalue weighted by atomic mass is 16.3. The Labute approximate surface area is 80.5 Å². The molecule has 0 spiro atoms. The van der Waals surface area contributed by atoms with Gasteiger partial charge in [-0.25, -0.2) is 0 Å². The van der Waals surface area contributed by atoms with Crippen molar-refractivity contribution in [2.45, 2.75) is 44.9 Å². The molecular weight excluding hydrogens is 160 g/mol. The third-order valence-electron chi connectivity index (χ3n) is 5.25. The van der Waals surface area contributed by atoms with Crippen LogP contribution < -0.4 is 0 Å². The van der Waals surface area contributed by atoms with Crippen molar-refractivity contribution >= 4 is 0 Å². The van der Waals surface area contributed by atoms with E-state index in [2.05, 4.69) is 0 Å². The molecule has 74 valence electrons. The maximum atomic E-state index is 9.16. The van der Waals surface area contributed by atoms with Crippen molar-refractivity contribution in [2.24, 2.45) is 23.2 Å². The molecule has 0 aliphatic heterocycles. The smallest absolute Gasteiger partial charge is 0.0436 e. The van der Waals surface area contributed by atoms with Gasteiger partial charge in [-0.05, 0) is 61.7 Å². The molecule has 3 rings (SSSR count). The Kier molecular flexibility index (Phi) is 1.74. The van der Waals surface area contributed by atoms with Crippen LogP contribution in [-0.4, -0.2) is 11.7 Å². The maximum absolute atomic E-state index is 9.16. The molecule has 0 aromatic carbocycles. The van der Waals surface area contributed by atoms with Crippen LogP contribution in [0.4, 0.5) is 0 Å². The summed E-state index contributed by atoms with van der Waals surface area (Å²) in [7, 11) is 0. The number of rotatable bonds is 2. The number of hydrogen-bond donors (Lipinski definition) is 1. The minimum atomic E-state index is 0.427. The van der Waals surface area contributed by atoms with Gasteiger partial charge in [0.25, 0.3) is 0 Å². The van der Waals surface area contributed by atoms with Crippen molar-refractivity contribution in [1.82, 2.24) is 0 Å². The zero-order valence-electron chi connectivity index (χ0n) is 8.34. The maximum Gasteiger partial charge on any atom is 0.0436 e. The van der Waals surface area contributed by atoms with E-state index in [-0.39, 0.29) is 0 Å². The van der Waals surface area contributed by atoms with Crippen LogP contribution in [0.1, 0.15) is 44.9 Å². The lowest BCUT2D eigenvalue weighted by molar-refractivity contribution is 0.109. The summed E-state index contributed by atoms with van der Waals surface area (Å²) < 4.78 is 0. The molecule has 0 heterocycles. The molecule has 3 aliphatic rings. The third-order valence-corrected chi connectivity index (χ3v) is 5.25. The van der Waals surface area contributed by atoms with Crippen LogP contribution in [0.5, 0.6) is 0 Å². The van der Waals surface area contributed by atoms with Gasteiger partial charge in [0, 0.05) is 6.61 Å². The van der Waals surface area contributed by atoms with Crippen LogP contribution in [0.25, 0.3) is 0 Å². The summed E-state index contributed by atoms with van der Waals surface area (Å²) in [5, 5.41) is 9.16. The fourth-order valence-corrected chi connectivity index (χ4v) is 4.85. The zero-order valence-corrected chi connectivity index (χ0v) is 8.34. The normalized spacial score (nSPS) is 52.8. The average Bonchev–Trinajstić information content (AvgIpc) is 2.73. The van der Waals surface area contributed by atoms with Crippen molar-refractivity contribution in [1.29, 1.82) is 0 Å². The fraction of sp³-hybridized carbons (Fsp3) is 1.00. The first-order valence-corrected chi connectivity index (χ1v) is 5.97. The molecule has 2 bridgehead atoms. The van der Waals surface area contributed by atoms with Crippen molar-refractivity contribution < 1.29 is 5.11 Å². The Morgan fingerprint density at radius 2 is 2.15 bits per heavy atom. The largest absolute Gasteiger partial charge is 0.396 e. The molecule has 3 saturated carbocycles. The van der Waals surface area contributed by atoms with E-state index in [4.69, 9.17) is 5.11 Å². The van der Waals surface area contributed by atoms with E-state index >= 15 is 0 Å². The van der Waals surface area contributed by atoms with Gasteiger partial charge in [-0.1, -0.05) is 6.42 Å². The zero-order chi connectivity index (χ0) is 8.89. The molecule has 0 aromatic heterocycles. The van der Waals surface area contributed by atoms with Crippen LogP contribution in [0.3, 0.4) is 0 Å². The average molecular weight is 180 g/mol. The van der Waals surface area contributed by atoms with Gasteiger partial charge in [0.05, 0.1) is 0 Å². The van der Waals surface area contributed by atoms with E-state index in [1.165, 1.54) is 38.5 Å². The highest BCUT2D eigenvalue weighted by molar-refractivity contribution is 5.07. The predicted octanol–water partition coefficient (Wildman–Crippen LogP) is 2.59. The first kappa shape index (κ1) is 8.28. The molecule has 4 atom stereocenters.